The molecule has 0 unspecified atom stereocenters. The average Bonchev–Trinajstić information content (AvgIpc) is 2.49. The van der Waals surface area contributed by atoms with E-state index in [0.717, 1.165) is 12.0 Å². The summed E-state index contributed by atoms with van der Waals surface area (Å²) in [4.78, 5) is 0. The monoisotopic (exact) mass is 318 g/mol. The van der Waals surface area contributed by atoms with Crippen molar-refractivity contribution in [2.45, 2.75) is 32.4 Å². The van der Waals surface area contributed by atoms with Gasteiger partial charge in [-0.3, -0.25) is 0 Å². The summed E-state index contributed by atoms with van der Waals surface area (Å²) in [6.07, 6.45) is -3.09. The zero-order valence-corrected chi connectivity index (χ0v) is 13.0. The molecule has 121 valence electrons. The Morgan fingerprint density at radius 1 is 1.04 bits per heavy atom. The van der Waals surface area contributed by atoms with Crippen LogP contribution in [0.5, 0.6) is 0 Å². The molecule has 0 heterocycles. The Morgan fingerprint density at radius 2 is 1.70 bits per heavy atom. The summed E-state index contributed by atoms with van der Waals surface area (Å²) in [6.45, 7) is 2.06. The van der Waals surface area contributed by atoms with Gasteiger partial charge in [-0.05, 0) is 42.0 Å². The first-order chi connectivity index (χ1) is 10.8. The van der Waals surface area contributed by atoms with Crippen molar-refractivity contribution < 1.29 is 13.2 Å². The minimum absolute atomic E-state index is 0.136. The highest BCUT2D eigenvalue weighted by atomic mass is 19.4. The van der Waals surface area contributed by atoms with Crippen molar-refractivity contribution in [1.29, 1.82) is 5.41 Å². The Labute approximate surface area is 134 Å². The van der Waals surface area contributed by atoms with E-state index < -0.39 is 12.6 Å². The quantitative estimate of drug-likeness (QED) is 0.680. The molecule has 0 fully saturated rings. The van der Waals surface area contributed by atoms with Crippen LogP contribution in [0, 0.1) is 18.8 Å². The van der Waals surface area contributed by atoms with E-state index in [9.17, 15) is 13.2 Å². The van der Waals surface area contributed by atoms with Crippen LogP contribution in [0.1, 0.15) is 35.1 Å². The number of benzene rings is 2. The number of rotatable bonds is 6. The van der Waals surface area contributed by atoms with E-state index in [0.29, 0.717) is 5.56 Å². The molecule has 1 nitrogen and oxygen atoms in total. The van der Waals surface area contributed by atoms with Gasteiger partial charge in [-0.1, -0.05) is 48.5 Å². The van der Waals surface area contributed by atoms with Crippen LogP contribution in [0.15, 0.2) is 48.5 Å². The first-order valence-corrected chi connectivity index (χ1v) is 7.47. The second-order valence-corrected chi connectivity index (χ2v) is 5.57. The fraction of sp³-hybridized carbons (Fsp3) is 0.263. The van der Waals surface area contributed by atoms with Gasteiger partial charge in [0.05, 0.1) is 0 Å². The third-order valence-electron chi connectivity index (χ3n) is 3.70. The summed E-state index contributed by atoms with van der Waals surface area (Å²) in [5.41, 5.74) is 4.36. The molecule has 2 aromatic rings. The Bertz CT molecular complexity index is 657. The number of nitrogens with one attached hydrogen (secondary N) is 1. The van der Waals surface area contributed by atoms with Crippen LogP contribution in [0.25, 0.3) is 0 Å². The molecule has 0 saturated carbocycles. The topological polar surface area (TPSA) is 23.9 Å². The van der Waals surface area contributed by atoms with E-state index in [1.807, 2.05) is 24.3 Å². The Morgan fingerprint density at radius 3 is 2.30 bits per heavy atom. The molecule has 0 amide bonds. The SMILES string of the molecule is Cc1ccccc1Cc1ccc(C(=N)[CH]CCC(F)(F)F)cc1. The predicted octanol–water partition coefficient (Wildman–Crippen LogP) is 5.50. The maximum atomic E-state index is 12.1. The lowest BCUT2D eigenvalue weighted by molar-refractivity contribution is -0.133. The van der Waals surface area contributed by atoms with Crippen molar-refractivity contribution in [2.24, 2.45) is 0 Å². The molecule has 23 heavy (non-hydrogen) atoms. The highest BCUT2D eigenvalue weighted by Crippen LogP contribution is 2.22. The maximum absolute atomic E-state index is 12.1. The second-order valence-electron chi connectivity index (χ2n) is 5.57. The lowest BCUT2D eigenvalue weighted by atomic mass is 9.98. The number of aryl methyl sites for hydroxylation is 1. The smallest absolute Gasteiger partial charge is 0.304 e. The molecule has 2 aromatic carbocycles. The summed E-state index contributed by atoms with van der Waals surface area (Å²) >= 11 is 0. The molecule has 0 aliphatic rings. The van der Waals surface area contributed by atoms with Gasteiger partial charge >= 0.3 is 6.18 Å². The van der Waals surface area contributed by atoms with Gasteiger partial charge in [0.25, 0.3) is 0 Å². The third-order valence-corrected chi connectivity index (χ3v) is 3.70. The fourth-order valence-corrected chi connectivity index (χ4v) is 2.33. The molecule has 1 N–H and O–H groups in total. The maximum Gasteiger partial charge on any atom is 0.389 e. The van der Waals surface area contributed by atoms with Crippen molar-refractivity contribution in [3.8, 4) is 0 Å². The molecule has 0 aromatic heterocycles. The number of alkyl halides is 3. The Balaban J connectivity index is 1.94. The zero-order chi connectivity index (χ0) is 16.9. The summed E-state index contributed by atoms with van der Waals surface area (Å²) in [5, 5.41) is 7.84. The standard InChI is InChI=1S/C19H19F3N/c1-14-5-2-3-6-17(14)13-15-8-10-16(11-9-15)18(23)7-4-12-19(20,21)22/h2-3,5-11,23H,4,12-13H2,1H3. The molecule has 0 spiro atoms. The van der Waals surface area contributed by atoms with Crippen molar-refractivity contribution >= 4 is 5.71 Å². The van der Waals surface area contributed by atoms with Crippen molar-refractivity contribution in [2.75, 3.05) is 0 Å². The Kier molecular flexibility index (Phi) is 5.59. The van der Waals surface area contributed by atoms with E-state index in [2.05, 4.69) is 19.1 Å². The first kappa shape index (κ1) is 17.3. The normalized spacial score (nSPS) is 11.5. The molecule has 0 atom stereocenters. The van der Waals surface area contributed by atoms with Crippen molar-refractivity contribution in [1.82, 2.24) is 0 Å². The second kappa shape index (κ2) is 7.44. The summed E-state index contributed by atoms with van der Waals surface area (Å²) in [6, 6.07) is 15.6. The number of hydrogen-bond donors (Lipinski definition) is 1. The van der Waals surface area contributed by atoms with E-state index in [4.69, 9.17) is 5.41 Å². The molecule has 4 heteroatoms. The molecule has 0 aliphatic heterocycles. The summed E-state index contributed by atoms with van der Waals surface area (Å²) in [7, 11) is 0. The van der Waals surface area contributed by atoms with Gasteiger partial charge < -0.3 is 5.41 Å². The highest BCUT2D eigenvalue weighted by molar-refractivity contribution is 6.04. The van der Waals surface area contributed by atoms with E-state index in [-0.39, 0.29) is 12.1 Å². The van der Waals surface area contributed by atoms with Crippen LogP contribution in [0.4, 0.5) is 13.2 Å². The van der Waals surface area contributed by atoms with Crippen LogP contribution in [-0.2, 0) is 6.42 Å². The summed E-state index contributed by atoms with van der Waals surface area (Å²) in [5.74, 6) is 0. The lowest BCUT2D eigenvalue weighted by Gasteiger charge is -2.09. The van der Waals surface area contributed by atoms with Gasteiger partial charge in [-0.2, -0.15) is 13.2 Å². The lowest BCUT2D eigenvalue weighted by Crippen LogP contribution is -2.09. The van der Waals surface area contributed by atoms with Crippen molar-refractivity contribution in [3.63, 3.8) is 0 Å². The fourth-order valence-electron chi connectivity index (χ4n) is 2.33. The molecule has 0 saturated heterocycles. The molecule has 1 radical (unpaired) electrons. The van der Waals surface area contributed by atoms with Crippen LogP contribution >= 0.6 is 0 Å². The Hall–Kier alpha value is -2.10. The molecule has 0 aliphatic carbocycles. The first-order valence-electron chi connectivity index (χ1n) is 7.47. The highest BCUT2D eigenvalue weighted by Gasteiger charge is 2.26. The zero-order valence-electron chi connectivity index (χ0n) is 13.0. The summed E-state index contributed by atoms with van der Waals surface area (Å²) < 4.78 is 36.3. The third kappa shape index (κ3) is 5.55. The van der Waals surface area contributed by atoms with Gasteiger partial charge in [0.1, 0.15) is 0 Å². The molecule has 2 rings (SSSR count). The van der Waals surface area contributed by atoms with Crippen molar-refractivity contribution in [3.05, 3.63) is 77.2 Å². The van der Waals surface area contributed by atoms with E-state index >= 15 is 0 Å². The molecular weight excluding hydrogens is 299 g/mol. The number of halogens is 3. The number of hydrogen-bond acceptors (Lipinski definition) is 1. The van der Waals surface area contributed by atoms with E-state index in [1.165, 1.54) is 17.5 Å². The van der Waals surface area contributed by atoms with Gasteiger partial charge in [0, 0.05) is 18.6 Å². The van der Waals surface area contributed by atoms with Crippen LogP contribution in [-0.4, -0.2) is 11.9 Å². The van der Waals surface area contributed by atoms with Gasteiger partial charge in [-0.15, -0.1) is 0 Å². The van der Waals surface area contributed by atoms with Gasteiger partial charge in [-0.25, -0.2) is 0 Å². The van der Waals surface area contributed by atoms with Gasteiger partial charge in [0.15, 0.2) is 0 Å². The average molecular weight is 318 g/mol. The van der Waals surface area contributed by atoms with Crippen LogP contribution in [0.2, 0.25) is 0 Å². The minimum atomic E-state index is -4.17. The largest absolute Gasteiger partial charge is 0.389 e. The van der Waals surface area contributed by atoms with Gasteiger partial charge in [0.2, 0.25) is 0 Å². The molecular formula is C19H19F3N. The molecule has 0 bridgehead atoms. The van der Waals surface area contributed by atoms with E-state index in [1.54, 1.807) is 12.1 Å². The minimum Gasteiger partial charge on any atom is -0.304 e. The van der Waals surface area contributed by atoms with Crippen LogP contribution in [0.3, 0.4) is 0 Å². The van der Waals surface area contributed by atoms with Crippen LogP contribution < -0.4 is 0 Å². The predicted molar refractivity (Wildman–Crippen MR) is 86.8 cm³/mol.